The summed E-state index contributed by atoms with van der Waals surface area (Å²) in [5.41, 5.74) is 2.71. The highest BCUT2D eigenvalue weighted by Crippen LogP contribution is 2.25. The molecule has 2 heterocycles. The summed E-state index contributed by atoms with van der Waals surface area (Å²) in [5.74, 6) is 0.160. The van der Waals surface area contributed by atoms with Crippen LogP contribution in [0.1, 0.15) is 22.3 Å². The van der Waals surface area contributed by atoms with Crippen molar-refractivity contribution in [2.45, 2.75) is 18.6 Å². The molecular formula is C18H20N2O3S. The molecule has 1 fully saturated rings. The number of aromatic nitrogens is 1. The molecule has 1 atom stereocenters. The van der Waals surface area contributed by atoms with E-state index in [4.69, 9.17) is 0 Å². The number of benzene rings is 1. The number of hydrogen-bond acceptors (Lipinski definition) is 5. The molecular weight excluding hydrogens is 324 g/mol. The first-order valence-electron chi connectivity index (χ1n) is 7.91. The summed E-state index contributed by atoms with van der Waals surface area (Å²) in [4.78, 5) is 30.2. The molecule has 5 nitrogen and oxygen atoms in total. The van der Waals surface area contributed by atoms with Crippen LogP contribution in [0.4, 0.5) is 0 Å². The van der Waals surface area contributed by atoms with E-state index < -0.39 is 0 Å². The average molecular weight is 344 g/mol. The van der Waals surface area contributed by atoms with Crippen molar-refractivity contribution in [1.82, 2.24) is 9.88 Å². The SMILES string of the molecule is COC(=O)CS[C@@H]1CCN(C(=O)c2ccc3nccc(C)c3c2)C1. The van der Waals surface area contributed by atoms with E-state index in [2.05, 4.69) is 9.72 Å². The summed E-state index contributed by atoms with van der Waals surface area (Å²) >= 11 is 1.56. The van der Waals surface area contributed by atoms with Crippen molar-refractivity contribution in [3.05, 3.63) is 41.6 Å². The van der Waals surface area contributed by atoms with Gasteiger partial charge in [0.15, 0.2) is 0 Å². The number of hydrogen-bond donors (Lipinski definition) is 0. The molecule has 1 aromatic carbocycles. The number of carbonyl (C=O) groups excluding carboxylic acids is 2. The number of amides is 1. The van der Waals surface area contributed by atoms with Gasteiger partial charge in [0, 0.05) is 35.5 Å². The normalized spacial score (nSPS) is 17.2. The van der Waals surface area contributed by atoms with Crippen molar-refractivity contribution in [1.29, 1.82) is 0 Å². The van der Waals surface area contributed by atoms with Gasteiger partial charge in [-0.1, -0.05) is 0 Å². The van der Waals surface area contributed by atoms with Crippen molar-refractivity contribution < 1.29 is 14.3 Å². The van der Waals surface area contributed by atoms with Gasteiger partial charge in [0.1, 0.15) is 0 Å². The van der Waals surface area contributed by atoms with E-state index in [0.717, 1.165) is 29.4 Å². The first kappa shape index (κ1) is 16.8. The zero-order chi connectivity index (χ0) is 17.1. The Bertz CT molecular complexity index is 778. The zero-order valence-electron chi connectivity index (χ0n) is 13.8. The number of methoxy groups -OCH3 is 1. The molecule has 1 saturated heterocycles. The molecule has 3 rings (SSSR count). The number of fused-ring (bicyclic) bond motifs is 1. The van der Waals surface area contributed by atoms with E-state index in [-0.39, 0.29) is 17.1 Å². The molecule has 0 saturated carbocycles. The highest BCUT2D eigenvalue weighted by atomic mass is 32.2. The Labute approximate surface area is 145 Å². The second-order valence-corrected chi connectivity index (χ2v) is 7.20. The number of likely N-dealkylation sites (tertiary alicyclic amines) is 1. The predicted molar refractivity (Wildman–Crippen MR) is 95.3 cm³/mol. The smallest absolute Gasteiger partial charge is 0.315 e. The van der Waals surface area contributed by atoms with Crippen LogP contribution in [0.5, 0.6) is 0 Å². The van der Waals surface area contributed by atoms with Gasteiger partial charge in [0.2, 0.25) is 0 Å². The first-order chi connectivity index (χ1) is 11.6. The molecule has 0 spiro atoms. The Morgan fingerprint density at radius 2 is 2.21 bits per heavy atom. The largest absolute Gasteiger partial charge is 0.468 e. The van der Waals surface area contributed by atoms with E-state index in [1.165, 1.54) is 7.11 Å². The maximum atomic E-state index is 12.7. The summed E-state index contributed by atoms with van der Waals surface area (Å²) < 4.78 is 4.66. The number of nitrogens with zero attached hydrogens (tertiary/aromatic N) is 2. The number of pyridine rings is 1. The van der Waals surface area contributed by atoms with Crippen LogP contribution in [-0.2, 0) is 9.53 Å². The molecule has 1 aromatic heterocycles. The number of thioether (sulfide) groups is 1. The Morgan fingerprint density at radius 1 is 1.38 bits per heavy atom. The lowest BCUT2D eigenvalue weighted by molar-refractivity contribution is -0.137. The summed E-state index contributed by atoms with van der Waals surface area (Å²) in [7, 11) is 1.39. The summed E-state index contributed by atoms with van der Waals surface area (Å²) in [6.07, 6.45) is 2.68. The van der Waals surface area contributed by atoms with E-state index >= 15 is 0 Å². The van der Waals surface area contributed by atoms with Gasteiger partial charge >= 0.3 is 5.97 Å². The van der Waals surface area contributed by atoms with E-state index in [1.54, 1.807) is 18.0 Å². The van der Waals surface area contributed by atoms with Crippen LogP contribution < -0.4 is 0 Å². The van der Waals surface area contributed by atoms with Crippen LogP contribution in [0.15, 0.2) is 30.5 Å². The van der Waals surface area contributed by atoms with Crippen LogP contribution in [0.25, 0.3) is 10.9 Å². The van der Waals surface area contributed by atoms with Crippen molar-refractivity contribution in [2.75, 3.05) is 26.0 Å². The topological polar surface area (TPSA) is 59.5 Å². The van der Waals surface area contributed by atoms with E-state index in [0.29, 0.717) is 17.9 Å². The Kier molecular flexibility index (Phi) is 5.04. The summed E-state index contributed by atoms with van der Waals surface area (Å²) in [6.45, 7) is 3.42. The Balaban J connectivity index is 1.69. The van der Waals surface area contributed by atoms with Gasteiger partial charge in [-0.05, 0) is 43.2 Å². The molecule has 0 radical (unpaired) electrons. The fourth-order valence-electron chi connectivity index (χ4n) is 2.89. The number of ether oxygens (including phenoxy) is 1. The monoisotopic (exact) mass is 344 g/mol. The third-order valence-electron chi connectivity index (χ3n) is 4.30. The molecule has 1 amide bonds. The molecule has 0 N–H and O–H groups in total. The molecule has 1 aliphatic rings. The standard InChI is InChI=1S/C18H20N2O3S/c1-12-5-7-19-16-4-3-13(9-15(12)16)18(22)20-8-6-14(10-20)24-11-17(21)23-2/h3-5,7,9,14H,6,8,10-11H2,1-2H3/t14-/m1/s1. The molecule has 2 aromatic rings. The van der Waals surface area contributed by atoms with Gasteiger partial charge in [0.05, 0.1) is 18.4 Å². The lowest BCUT2D eigenvalue weighted by atomic mass is 10.1. The highest BCUT2D eigenvalue weighted by Gasteiger charge is 2.28. The zero-order valence-corrected chi connectivity index (χ0v) is 14.6. The molecule has 126 valence electrons. The van der Waals surface area contributed by atoms with Crippen LogP contribution in [0, 0.1) is 6.92 Å². The van der Waals surface area contributed by atoms with Crippen molar-refractivity contribution in [2.24, 2.45) is 0 Å². The highest BCUT2D eigenvalue weighted by molar-refractivity contribution is 8.00. The van der Waals surface area contributed by atoms with Crippen LogP contribution in [-0.4, -0.2) is 53.0 Å². The minimum atomic E-state index is -0.220. The van der Waals surface area contributed by atoms with Gasteiger partial charge in [-0.25, -0.2) is 0 Å². The molecule has 0 bridgehead atoms. The maximum absolute atomic E-state index is 12.7. The number of aryl methyl sites for hydroxylation is 1. The molecule has 1 aliphatic heterocycles. The van der Waals surface area contributed by atoms with Crippen molar-refractivity contribution in [3.8, 4) is 0 Å². The van der Waals surface area contributed by atoms with Crippen LogP contribution in [0.3, 0.4) is 0 Å². The molecule has 0 aliphatic carbocycles. The van der Waals surface area contributed by atoms with Crippen molar-refractivity contribution >= 4 is 34.5 Å². The lowest BCUT2D eigenvalue weighted by Crippen LogP contribution is -2.29. The lowest BCUT2D eigenvalue weighted by Gasteiger charge is -2.17. The van der Waals surface area contributed by atoms with Crippen LogP contribution in [0.2, 0.25) is 0 Å². The quantitative estimate of drug-likeness (QED) is 0.798. The Morgan fingerprint density at radius 3 is 3.00 bits per heavy atom. The van der Waals surface area contributed by atoms with Crippen LogP contribution >= 0.6 is 11.8 Å². The minimum absolute atomic E-state index is 0.0429. The summed E-state index contributed by atoms with van der Waals surface area (Å²) in [5, 5.41) is 1.30. The Hall–Kier alpha value is -2.08. The fraction of sp³-hybridized carbons (Fsp3) is 0.389. The predicted octanol–water partition coefficient (Wildman–Crippen LogP) is 2.66. The van der Waals surface area contributed by atoms with Gasteiger partial charge in [-0.15, -0.1) is 11.8 Å². The minimum Gasteiger partial charge on any atom is -0.468 e. The van der Waals surface area contributed by atoms with Gasteiger partial charge in [-0.2, -0.15) is 0 Å². The van der Waals surface area contributed by atoms with Gasteiger partial charge in [0.25, 0.3) is 5.91 Å². The molecule has 6 heteroatoms. The number of esters is 1. The van der Waals surface area contributed by atoms with Gasteiger partial charge < -0.3 is 9.64 Å². The second kappa shape index (κ2) is 7.21. The van der Waals surface area contributed by atoms with E-state index in [1.807, 2.05) is 36.1 Å². The van der Waals surface area contributed by atoms with Gasteiger partial charge in [-0.3, -0.25) is 14.6 Å². The first-order valence-corrected chi connectivity index (χ1v) is 8.96. The summed E-state index contributed by atoms with van der Waals surface area (Å²) in [6, 6.07) is 7.61. The number of carbonyl (C=O) groups is 2. The molecule has 0 unspecified atom stereocenters. The third-order valence-corrected chi connectivity index (χ3v) is 5.56. The molecule has 24 heavy (non-hydrogen) atoms. The van der Waals surface area contributed by atoms with E-state index in [9.17, 15) is 9.59 Å². The third kappa shape index (κ3) is 3.53. The van der Waals surface area contributed by atoms with Crippen molar-refractivity contribution in [3.63, 3.8) is 0 Å². The average Bonchev–Trinajstić information content (AvgIpc) is 3.08. The fourth-order valence-corrected chi connectivity index (χ4v) is 3.94. The maximum Gasteiger partial charge on any atom is 0.315 e. The second-order valence-electron chi connectivity index (χ2n) is 5.91. The number of rotatable bonds is 4.